The highest BCUT2D eigenvalue weighted by atomic mass is 32.2. The lowest BCUT2D eigenvalue weighted by atomic mass is 10.1. The molecule has 1 aliphatic heterocycles. The van der Waals surface area contributed by atoms with E-state index in [0.717, 1.165) is 16.9 Å². The van der Waals surface area contributed by atoms with Gasteiger partial charge in [-0.1, -0.05) is 0 Å². The van der Waals surface area contributed by atoms with Gasteiger partial charge in [0.2, 0.25) is 11.5 Å². The average Bonchev–Trinajstić information content (AvgIpc) is 3.22. The molecular formula is C19H21NO7S2. The van der Waals surface area contributed by atoms with Gasteiger partial charge >= 0.3 is 5.69 Å². The summed E-state index contributed by atoms with van der Waals surface area (Å²) in [5, 5.41) is 21.4. The normalized spacial score (nSPS) is 18.3. The maximum absolute atomic E-state index is 11.3. The van der Waals surface area contributed by atoms with Crippen LogP contribution in [0.1, 0.15) is 21.0 Å². The third-order valence-electron chi connectivity index (χ3n) is 4.51. The fourth-order valence-electron chi connectivity index (χ4n) is 3.08. The molecule has 0 radical (unpaired) electrons. The average molecular weight is 440 g/mol. The Bertz CT molecular complexity index is 897. The molecule has 2 aromatic rings. The number of hydrogen-bond donors (Lipinski definition) is 1. The summed E-state index contributed by atoms with van der Waals surface area (Å²) in [6, 6.07) is 6.88. The van der Waals surface area contributed by atoms with Crippen LogP contribution >= 0.6 is 23.5 Å². The number of rotatable bonds is 7. The molecule has 0 aromatic heterocycles. The number of nitrogens with zero attached hydrogens (tertiary/aromatic N) is 1. The van der Waals surface area contributed by atoms with E-state index >= 15 is 0 Å². The number of phenolic OH excluding ortho intramolecular Hbond substituents is 1. The van der Waals surface area contributed by atoms with Crippen LogP contribution in [0.2, 0.25) is 0 Å². The first kappa shape index (κ1) is 21.3. The van der Waals surface area contributed by atoms with Crippen LogP contribution in [0, 0.1) is 10.1 Å². The predicted molar refractivity (Wildman–Crippen MR) is 113 cm³/mol. The molecule has 2 atom stereocenters. The summed E-state index contributed by atoms with van der Waals surface area (Å²) in [5.74, 6) is 2.12. The highest BCUT2D eigenvalue weighted by Crippen LogP contribution is 2.58. The third kappa shape index (κ3) is 4.13. The number of methoxy groups -OCH3 is 4. The number of thioether (sulfide) groups is 2. The number of ether oxygens (including phenoxy) is 4. The molecule has 1 aliphatic rings. The molecule has 0 saturated carbocycles. The van der Waals surface area contributed by atoms with E-state index in [9.17, 15) is 15.2 Å². The minimum absolute atomic E-state index is 0.0488. The van der Waals surface area contributed by atoms with Crippen molar-refractivity contribution in [2.24, 2.45) is 0 Å². The van der Waals surface area contributed by atoms with Crippen molar-refractivity contribution < 1.29 is 29.0 Å². The van der Waals surface area contributed by atoms with Gasteiger partial charge in [-0.05, 0) is 29.3 Å². The van der Waals surface area contributed by atoms with Gasteiger partial charge in [-0.25, -0.2) is 0 Å². The molecule has 0 aliphatic carbocycles. The van der Waals surface area contributed by atoms with Crippen LogP contribution in [0.4, 0.5) is 5.69 Å². The summed E-state index contributed by atoms with van der Waals surface area (Å²) in [4.78, 5) is 10.7. The monoisotopic (exact) mass is 439 g/mol. The van der Waals surface area contributed by atoms with Gasteiger partial charge in [0.1, 0.15) is 0 Å². The number of hydrogen-bond acceptors (Lipinski definition) is 9. The fraction of sp³-hybridized carbons (Fsp3) is 0.368. The van der Waals surface area contributed by atoms with Gasteiger partial charge < -0.3 is 24.1 Å². The zero-order valence-electron chi connectivity index (χ0n) is 16.3. The van der Waals surface area contributed by atoms with Crippen LogP contribution in [0.5, 0.6) is 28.7 Å². The zero-order valence-corrected chi connectivity index (χ0v) is 18.0. The summed E-state index contributed by atoms with van der Waals surface area (Å²) in [7, 11) is 6.07. The van der Waals surface area contributed by atoms with Crippen molar-refractivity contribution in [2.45, 2.75) is 9.83 Å². The Morgan fingerprint density at radius 3 is 2.07 bits per heavy atom. The van der Waals surface area contributed by atoms with Crippen LogP contribution in [-0.2, 0) is 0 Å². The molecule has 1 saturated heterocycles. The molecule has 1 heterocycles. The lowest BCUT2D eigenvalue weighted by Crippen LogP contribution is -1.99. The van der Waals surface area contributed by atoms with Gasteiger partial charge in [-0.15, -0.1) is 23.5 Å². The summed E-state index contributed by atoms with van der Waals surface area (Å²) < 4.78 is 21.3. The third-order valence-corrected chi connectivity index (χ3v) is 7.85. The largest absolute Gasteiger partial charge is 0.500 e. The van der Waals surface area contributed by atoms with Gasteiger partial charge in [-0.3, -0.25) is 10.1 Å². The maximum Gasteiger partial charge on any atom is 0.315 e. The Labute approximate surface area is 176 Å². The van der Waals surface area contributed by atoms with Crippen molar-refractivity contribution >= 4 is 29.2 Å². The first-order valence-electron chi connectivity index (χ1n) is 8.55. The summed E-state index contributed by atoms with van der Waals surface area (Å²) in [6.45, 7) is 0. The molecule has 0 spiro atoms. The number of nitro benzene ring substituents is 1. The van der Waals surface area contributed by atoms with Crippen molar-refractivity contribution in [1.29, 1.82) is 0 Å². The van der Waals surface area contributed by atoms with Crippen molar-refractivity contribution in [3.63, 3.8) is 0 Å². The predicted octanol–water partition coefficient (Wildman–Crippen LogP) is 4.55. The Hall–Kier alpha value is -2.46. The van der Waals surface area contributed by atoms with Gasteiger partial charge in [0.25, 0.3) is 0 Å². The van der Waals surface area contributed by atoms with Crippen molar-refractivity contribution in [3.8, 4) is 28.7 Å². The molecule has 0 amide bonds. The molecule has 1 fully saturated rings. The van der Waals surface area contributed by atoms with Crippen molar-refractivity contribution in [2.75, 3.05) is 34.2 Å². The number of benzene rings is 2. The quantitative estimate of drug-likeness (QED) is 0.492. The Balaban J connectivity index is 1.91. The van der Waals surface area contributed by atoms with Gasteiger partial charge in [0.15, 0.2) is 17.2 Å². The van der Waals surface area contributed by atoms with Crippen molar-refractivity contribution in [3.05, 3.63) is 45.5 Å². The summed E-state index contributed by atoms with van der Waals surface area (Å²) >= 11 is 3.34. The van der Waals surface area contributed by atoms with E-state index in [1.165, 1.54) is 13.2 Å². The number of aromatic hydroxyl groups is 1. The Morgan fingerprint density at radius 2 is 1.55 bits per heavy atom. The van der Waals surface area contributed by atoms with Crippen LogP contribution in [0.3, 0.4) is 0 Å². The molecule has 2 aromatic carbocycles. The smallest absolute Gasteiger partial charge is 0.315 e. The topological polar surface area (TPSA) is 100 Å². The summed E-state index contributed by atoms with van der Waals surface area (Å²) in [5.41, 5.74) is 1.37. The van der Waals surface area contributed by atoms with Crippen molar-refractivity contribution in [1.82, 2.24) is 0 Å². The lowest BCUT2D eigenvalue weighted by Gasteiger charge is -2.17. The van der Waals surface area contributed by atoms with Crippen LogP contribution in [0.25, 0.3) is 0 Å². The minimum atomic E-state index is -0.609. The zero-order chi connectivity index (χ0) is 21.1. The first-order chi connectivity index (χ1) is 13.9. The Kier molecular flexibility index (Phi) is 6.53. The maximum atomic E-state index is 11.3. The van der Waals surface area contributed by atoms with E-state index in [-0.39, 0.29) is 21.3 Å². The standard InChI is InChI=1S/C19H21NO7S2/c1-24-13-8-11(5-12(17(13)21)20(22)23)19-28-9-16(29-19)10-6-14(25-2)18(27-4)15(7-10)26-3/h5-8,16,19,21H,9H2,1-4H3. The Morgan fingerprint density at radius 1 is 0.966 bits per heavy atom. The second-order valence-corrected chi connectivity index (χ2v) is 8.85. The highest BCUT2D eigenvalue weighted by Gasteiger charge is 2.32. The second-order valence-electron chi connectivity index (χ2n) is 6.10. The molecule has 3 rings (SSSR count). The van der Waals surface area contributed by atoms with Gasteiger partial charge in [-0.2, -0.15) is 0 Å². The van der Waals surface area contributed by atoms with E-state index in [1.807, 2.05) is 12.1 Å². The first-order valence-corrected chi connectivity index (χ1v) is 10.5. The SMILES string of the molecule is COc1cc(C2SCC(c3cc(OC)c(OC)c(OC)c3)S2)cc([N+](=O)[O-])c1O. The molecule has 2 unspecified atom stereocenters. The molecule has 0 bridgehead atoms. The van der Waals surface area contributed by atoms with Gasteiger partial charge in [0, 0.05) is 17.1 Å². The van der Waals surface area contributed by atoms with E-state index < -0.39 is 10.7 Å². The number of phenols is 1. The van der Waals surface area contributed by atoms with Crippen LogP contribution in [0.15, 0.2) is 24.3 Å². The highest BCUT2D eigenvalue weighted by molar-refractivity contribution is 8.19. The van der Waals surface area contributed by atoms with E-state index in [2.05, 4.69) is 0 Å². The molecule has 10 heteroatoms. The lowest BCUT2D eigenvalue weighted by molar-refractivity contribution is -0.386. The van der Waals surface area contributed by atoms with Crippen LogP contribution < -0.4 is 18.9 Å². The molecule has 29 heavy (non-hydrogen) atoms. The van der Waals surface area contributed by atoms with E-state index in [0.29, 0.717) is 17.2 Å². The minimum Gasteiger partial charge on any atom is -0.500 e. The van der Waals surface area contributed by atoms with Crippen LogP contribution in [-0.4, -0.2) is 44.2 Å². The molecule has 8 nitrogen and oxygen atoms in total. The summed E-state index contributed by atoms with van der Waals surface area (Å²) in [6.07, 6.45) is 0. The van der Waals surface area contributed by atoms with Gasteiger partial charge in [0.05, 0.1) is 37.9 Å². The molecular weight excluding hydrogens is 418 g/mol. The molecule has 156 valence electrons. The number of nitro groups is 1. The second kappa shape index (κ2) is 8.91. The van der Waals surface area contributed by atoms with E-state index in [1.54, 1.807) is 50.9 Å². The van der Waals surface area contributed by atoms with E-state index in [4.69, 9.17) is 18.9 Å². The fourth-order valence-corrected chi connectivity index (χ4v) is 6.34. The molecule has 1 N–H and O–H groups in total.